The van der Waals surface area contributed by atoms with Gasteiger partial charge in [-0.25, -0.2) is 0 Å². The first kappa shape index (κ1) is 21.9. The summed E-state index contributed by atoms with van der Waals surface area (Å²) in [4.78, 5) is 0. The van der Waals surface area contributed by atoms with Gasteiger partial charge in [0.2, 0.25) is 0 Å². The van der Waals surface area contributed by atoms with Crippen LogP contribution in [0, 0.1) is 0 Å². The fourth-order valence-corrected chi connectivity index (χ4v) is 5.90. The Morgan fingerprint density at radius 3 is 1.33 bits per heavy atom. The average Bonchev–Trinajstić information content (AvgIpc) is 2.86. The lowest BCUT2D eigenvalue weighted by molar-refractivity contribution is 0.441. The van der Waals surface area contributed by atoms with Gasteiger partial charge in [-0.2, -0.15) is 0 Å². The summed E-state index contributed by atoms with van der Waals surface area (Å²) in [6.07, 6.45) is 12.3. The molecule has 0 heterocycles. The summed E-state index contributed by atoms with van der Waals surface area (Å²) in [5, 5.41) is 32.7. The third-order valence-electron chi connectivity index (χ3n) is 7.81. The Bertz CT molecular complexity index is 1040. The van der Waals surface area contributed by atoms with Crippen molar-refractivity contribution in [2.24, 2.45) is 0 Å². The van der Waals surface area contributed by atoms with Crippen molar-refractivity contribution in [2.45, 2.75) is 76.0 Å². The number of hydrogen-bond donors (Lipinski definition) is 3. The highest BCUT2D eigenvalue weighted by atomic mass is 16.3. The molecular formula is C30H34O3. The Morgan fingerprint density at radius 2 is 0.909 bits per heavy atom. The van der Waals surface area contributed by atoms with Gasteiger partial charge in [0.05, 0.1) is 0 Å². The summed E-state index contributed by atoms with van der Waals surface area (Å²) < 4.78 is 0. The van der Waals surface area contributed by atoms with E-state index in [2.05, 4.69) is 0 Å². The van der Waals surface area contributed by atoms with E-state index in [0.717, 1.165) is 0 Å². The third kappa shape index (κ3) is 4.46. The number of rotatable bonds is 4. The molecule has 3 N–H and O–H groups in total. The Balaban J connectivity index is 1.54. The molecule has 0 spiro atoms. The molecule has 2 saturated carbocycles. The zero-order valence-electron chi connectivity index (χ0n) is 19.3. The van der Waals surface area contributed by atoms with Gasteiger partial charge in [0.25, 0.3) is 0 Å². The van der Waals surface area contributed by atoms with E-state index >= 15 is 0 Å². The molecule has 0 amide bonds. The molecule has 2 fully saturated rings. The molecule has 2 aliphatic carbocycles. The summed E-state index contributed by atoms with van der Waals surface area (Å²) in [5.74, 6) is 1.47. The van der Waals surface area contributed by atoms with Crippen LogP contribution in [-0.4, -0.2) is 15.3 Å². The summed E-state index contributed by atoms with van der Waals surface area (Å²) in [6, 6.07) is 17.2. The van der Waals surface area contributed by atoms with Crippen LogP contribution in [0.2, 0.25) is 0 Å². The predicted molar refractivity (Wildman–Crippen MR) is 134 cm³/mol. The zero-order valence-corrected chi connectivity index (χ0v) is 19.3. The van der Waals surface area contributed by atoms with Crippen molar-refractivity contribution in [3.05, 3.63) is 65.7 Å². The van der Waals surface area contributed by atoms with Crippen LogP contribution in [0.15, 0.2) is 54.6 Å². The minimum atomic E-state index is 0.102. The van der Waals surface area contributed by atoms with Crippen molar-refractivity contribution in [3.8, 4) is 39.5 Å². The summed E-state index contributed by atoms with van der Waals surface area (Å²) in [5.41, 5.74) is 4.97. The van der Waals surface area contributed by atoms with Crippen molar-refractivity contribution in [1.29, 1.82) is 0 Å². The molecule has 3 aromatic rings. The van der Waals surface area contributed by atoms with Gasteiger partial charge in [-0.15, -0.1) is 0 Å². The van der Waals surface area contributed by atoms with Crippen LogP contribution >= 0.6 is 0 Å². The van der Waals surface area contributed by atoms with Crippen LogP contribution in [0.1, 0.15) is 87.2 Å². The van der Waals surface area contributed by atoms with Crippen LogP contribution in [0.4, 0.5) is 0 Å². The van der Waals surface area contributed by atoms with Crippen molar-refractivity contribution in [1.82, 2.24) is 0 Å². The van der Waals surface area contributed by atoms with E-state index in [1.807, 2.05) is 42.5 Å². The fraction of sp³-hybridized carbons (Fsp3) is 0.400. The van der Waals surface area contributed by atoms with Gasteiger partial charge in [-0.05, 0) is 72.9 Å². The number of hydrogen-bond acceptors (Lipinski definition) is 3. The lowest BCUT2D eigenvalue weighted by atomic mass is 9.82. The molecule has 0 radical (unpaired) electrons. The van der Waals surface area contributed by atoms with Crippen LogP contribution in [-0.2, 0) is 0 Å². The van der Waals surface area contributed by atoms with Crippen molar-refractivity contribution in [3.63, 3.8) is 0 Å². The number of aromatic hydroxyl groups is 3. The lowest BCUT2D eigenvalue weighted by Crippen LogP contribution is -2.04. The normalized spacial score (nSPS) is 17.8. The molecule has 0 aromatic heterocycles. The maximum Gasteiger partial charge on any atom is 0.131 e. The van der Waals surface area contributed by atoms with Gasteiger partial charge in [-0.3, -0.25) is 0 Å². The van der Waals surface area contributed by atoms with Crippen molar-refractivity contribution >= 4 is 0 Å². The lowest BCUT2D eigenvalue weighted by Gasteiger charge is -2.23. The SMILES string of the molecule is Oc1ccc(C2CCCCC2)cc1-c1cccc(-c2cc(C3CCCCC3)ccc2O)c1O. The second kappa shape index (κ2) is 9.51. The molecule has 0 bridgehead atoms. The van der Waals surface area contributed by atoms with Crippen LogP contribution < -0.4 is 0 Å². The maximum atomic E-state index is 11.3. The van der Waals surface area contributed by atoms with E-state index in [1.165, 1.54) is 75.3 Å². The van der Waals surface area contributed by atoms with E-state index < -0.39 is 0 Å². The van der Waals surface area contributed by atoms with Crippen molar-refractivity contribution < 1.29 is 15.3 Å². The summed E-state index contributed by atoms with van der Waals surface area (Å²) >= 11 is 0. The Labute approximate surface area is 196 Å². The van der Waals surface area contributed by atoms with Gasteiger partial charge in [0.1, 0.15) is 17.2 Å². The molecule has 3 nitrogen and oxygen atoms in total. The number of phenolic OH excluding ortho intramolecular Hbond substituents is 3. The highest BCUT2D eigenvalue weighted by molar-refractivity contribution is 5.86. The van der Waals surface area contributed by atoms with Crippen LogP contribution in [0.3, 0.4) is 0 Å². The smallest absolute Gasteiger partial charge is 0.131 e. The maximum absolute atomic E-state index is 11.3. The largest absolute Gasteiger partial charge is 0.507 e. The second-order valence-electron chi connectivity index (χ2n) is 9.92. The van der Waals surface area contributed by atoms with Gasteiger partial charge < -0.3 is 15.3 Å². The molecule has 0 saturated heterocycles. The van der Waals surface area contributed by atoms with E-state index in [4.69, 9.17) is 0 Å². The van der Waals surface area contributed by atoms with Crippen LogP contribution in [0.25, 0.3) is 22.3 Å². The van der Waals surface area contributed by atoms with Gasteiger partial charge >= 0.3 is 0 Å². The number of phenols is 3. The van der Waals surface area contributed by atoms with E-state index in [0.29, 0.717) is 34.1 Å². The van der Waals surface area contributed by atoms with Gasteiger partial charge in [0, 0.05) is 22.3 Å². The zero-order chi connectivity index (χ0) is 22.8. The van der Waals surface area contributed by atoms with Crippen LogP contribution in [0.5, 0.6) is 17.2 Å². The molecule has 0 aliphatic heterocycles. The molecule has 2 aliphatic rings. The molecule has 3 aromatic carbocycles. The Morgan fingerprint density at radius 1 is 0.485 bits per heavy atom. The first-order valence-corrected chi connectivity index (χ1v) is 12.6. The van der Waals surface area contributed by atoms with Gasteiger partial charge in [-0.1, -0.05) is 68.9 Å². The Hall–Kier alpha value is -2.94. The summed E-state index contributed by atoms with van der Waals surface area (Å²) in [6.45, 7) is 0. The second-order valence-corrected chi connectivity index (χ2v) is 9.92. The topological polar surface area (TPSA) is 60.7 Å². The molecule has 33 heavy (non-hydrogen) atoms. The molecule has 0 unspecified atom stereocenters. The number of para-hydroxylation sites is 1. The highest BCUT2D eigenvalue weighted by Crippen LogP contribution is 2.46. The molecular weight excluding hydrogens is 408 g/mol. The van der Waals surface area contributed by atoms with Gasteiger partial charge in [0.15, 0.2) is 0 Å². The summed E-state index contributed by atoms with van der Waals surface area (Å²) in [7, 11) is 0. The first-order valence-electron chi connectivity index (χ1n) is 12.6. The number of benzene rings is 3. The average molecular weight is 443 g/mol. The minimum absolute atomic E-state index is 0.102. The highest BCUT2D eigenvalue weighted by Gasteiger charge is 2.21. The molecule has 172 valence electrons. The fourth-order valence-electron chi connectivity index (χ4n) is 5.90. The molecule has 3 heteroatoms. The first-order chi connectivity index (χ1) is 16.1. The van der Waals surface area contributed by atoms with Crippen molar-refractivity contribution in [2.75, 3.05) is 0 Å². The van der Waals surface area contributed by atoms with E-state index in [9.17, 15) is 15.3 Å². The quantitative estimate of drug-likeness (QED) is 0.381. The Kier molecular flexibility index (Phi) is 6.30. The van der Waals surface area contributed by atoms with E-state index in [-0.39, 0.29) is 17.2 Å². The molecule has 0 atom stereocenters. The standard InChI is InChI=1S/C30H34O3/c31-28-16-14-22(20-8-3-1-4-9-20)18-26(28)24-12-7-13-25(30(24)33)27-19-23(15-17-29(27)32)21-10-5-2-6-11-21/h7,12-21,31-33H,1-6,8-11H2. The molecule has 5 rings (SSSR count). The van der Waals surface area contributed by atoms with E-state index in [1.54, 1.807) is 12.1 Å². The predicted octanol–water partition coefficient (Wildman–Crippen LogP) is 8.23. The minimum Gasteiger partial charge on any atom is -0.507 e. The monoisotopic (exact) mass is 442 g/mol. The third-order valence-corrected chi connectivity index (χ3v) is 7.81.